The summed E-state index contributed by atoms with van der Waals surface area (Å²) >= 11 is 0. The molecule has 1 aliphatic carbocycles. The van der Waals surface area contributed by atoms with Crippen LogP contribution in [0.4, 0.5) is 0 Å². The molecule has 2 radical (unpaired) electrons. The molecule has 0 bridgehead atoms. The van der Waals surface area contributed by atoms with Gasteiger partial charge in [-0.2, -0.15) is 0 Å². The summed E-state index contributed by atoms with van der Waals surface area (Å²) in [5.74, 6) is -0.207. The van der Waals surface area contributed by atoms with Gasteiger partial charge in [0.1, 0.15) is 7.85 Å². The van der Waals surface area contributed by atoms with Gasteiger partial charge in [0.2, 0.25) is 5.79 Å². The summed E-state index contributed by atoms with van der Waals surface area (Å²) in [7, 11) is 11.2. The lowest BCUT2D eigenvalue weighted by Gasteiger charge is -2.46. The maximum absolute atomic E-state index is 10.9. The Kier molecular flexibility index (Phi) is 3.15. The van der Waals surface area contributed by atoms with Crippen LogP contribution >= 0.6 is 0 Å². The van der Waals surface area contributed by atoms with Gasteiger partial charge in [0.15, 0.2) is 17.2 Å². The van der Waals surface area contributed by atoms with E-state index >= 15 is 0 Å². The molecule has 1 aromatic rings. The number of epoxide rings is 1. The Morgan fingerprint density at radius 3 is 2.54 bits per heavy atom. The lowest BCUT2D eigenvalue weighted by Crippen LogP contribution is -2.60. The minimum atomic E-state index is -1.49. The Hall–Kier alpha value is -1.28. The van der Waals surface area contributed by atoms with Crippen LogP contribution in [-0.2, 0) is 10.2 Å². The summed E-state index contributed by atoms with van der Waals surface area (Å²) in [6.45, 7) is 0.743. The van der Waals surface area contributed by atoms with Crippen molar-refractivity contribution in [1.82, 2.24) is 4.90 Å². The van der Waals surface area contributed by atoms with E-state index < -0.39 is 22.4 Å². The molecule has 7 heteroatoms. The van der Waals surface area contributed by atoms with E-state index in [-0.39, 0.29) is 6.42 Å². The van der Waals surface area contributed by atoms with Gasteiger partial charge in [0, 0.05) is 23.9 Å². The highest BCUT2D eigenvalue weighted by molar-refractivity contribution is 6.14. The van der Waals surface area contributed by atoms with E-state index in [0.717, 1.165) is 18.5 Å². The molecule has 1 spiro atoms. The summed E-state index contributed by atoms with van der Waals surface area (Å²) in [4.78, 5) is 2.03. The first-order chi connectivity index (χ1) is 11.2. The fourth-order valence-corrected chi connectivity index (χ4v) is 5.06. The van der Waals surface area contributed by atoms with Crippen molar-refractivity contribution >= 4 is 7.85 Å². The van der Waals surface area contributed by atoms with E-state index in [0.29, 0.717) is 17.9 Å². The van der Waals surface area contributed by atoms with Gasteiger partial charge in [0.25, 0.3) is 0 Å². The maximum Gasteiger partial charge on any atom is 0.214 e. The summed E-state index contributed by atoms with van der Waals surface area (Å²) in [6.07, 6.45) is 1.03. The quantitative estimate of drug-likeness (QED) is 0.615. The van der Waals surface area contributed by atoms with E-state index in [9.17, 15) is 10.2 Å². The first kappa shape index (κ1) is 16.2. The molecule has 6 nitrogen and oxygen atoms in total. The topological polar surface area (TPSA) is 74.7 Å². The number of aliphatic hydroxyl groups is 2. The van der Waals surface area contributed by atoms with Gasteiger partial charge < -0.3 is 24.4 Å². The highest BCUT2D eigenvalue weighted by Gasteiger charge is 2.86. The lowest BCUT2D eigenvalue weighted by atomic mass is 9.55. The molecule has 1 aromatic carbocycles. The Labute approximate surface area is 142 Å². The van der Waals surface area contributed by atoms with Crippen LogP contribution in [0.25, 0.3) is 0 Å². The number of rotatable bonds is 3. The van der Waals surface area contributed by atoms with Gasteiger partial charge in [0.05, 0.1) is 14.2 Å². The molecule has 2 aliphatic heterocycles. The van der Waals surface area contributed by atoms with Gasteiger partial charge in [-0.1, -0.05) is 6.07 Å². The van der Waals surface area contributed by atoms with Crippen molar-refractivity contribution < 1.29 is 24.4 Å². The van der Waals surface area contributed by atoms with Crippen molar-refractivity contribution in [3.8, 4) is 11.5 Å². The maximum atomic E-state index is 10.9. The molecule has 3 fully saturated rings. The molecule has 2 heterocycles. The number of likely N-dealkylation sites (tertiary alicyclic amines) is 1. The number of methoxy groups -OCH3 is 2. The first-order valence-electron chi connectivity index (χ1n) is 8.11. The Balaban J connectivity index is 1.88. The molecular weight excluding hydrogens is 309 g/mol. The summed E-state index contributed by atoms with van der Waals surface area (Å²) in [5, 5.41) is 21.5. The van der Waals surface area contributed by atoms with E-state index in [1.165, 1.54) is 0 Å². The normalized spacial score (nSPS) is 43.9. The molecular formula is C17H22BNO5. The zero-order valence-corrected chi connectivity index (χ0v) is 14.2. The minimum absolute atomic E-state index is 0.000615. The average molecular weight is 331 g/mol. The Morgan fingerprint density at radius 1 is 1.17 bits per heavy atom. The number of ether oxygens (including phenoxy) is 3. The van der Waals surface area contributed by atoms with Gasteiger partial charge >= 0.3 is 0 Å². The van der Waals surface area contributed by atoms with Crippen molar-refractivity contribution in [3.63, 3.8) is 0 Å². The second-order valence-electron chi connectivity index (χ2n) is 7.31. The minimum Gasteiger partial charge on any atom is -0.493 e. The van der Waals surface area contributed by atoms with Crippen LogP contribution in [0, 0.1) is 0 Å². The van der Waals surface area contributed by atoms with Gasteiger partial charge in [-0.05, 0) is 37.6 Å². The largest absolute Gasteiger partial charge is 0.493 e. The number of nitrogens with zero attached hydrogens (tertiary/aromatic N) is 1. The monoisotopic (exact) mass is 331 g/mol. The second kappa shape index (κ2) is 4.66. The molecule has 4 rings (SSSR count). The van der Waals surface area contributed by atoms with E-state index in [1.807, 2.05) is 30.1 Å². The molecule has 2 saturated heterocycles. The Morgan fingerprint density at radius 2 is 1.88 bits per heavy atom. The number of hydrogen-bond donors (Lipinski definition) is 2. The van der Waals surface area contributed by atoms with Crippen molar-refractivity contribution in [1.29, 1.82) is 0 Å². The molecule has 2 N–H and O–H groups in total. The molecule has 2 unspecified atom stereocenters. The number of benzene rings is 1. The average Bonchev–Trinajstić information content (AvgIpc) is 3.07. The zero-order chi connectivity index (χ0) is 17.4. The van der Waals surface area contributed by atoms with Crippen LogP contribution in [0.3, 0.4) is 0 Å². The van der Waals surface area contributed by atoms with Crippen molar-refractivity contribution in [2.75, 3.05) is 27.8 Å². The summed E-state index contributed by atoms with van der Waals surface area (Å²) < 4.78 is 16.6. The first-order valence-corrected chi connectivity index (χ1v) is 8.11. The fourth-order valence-electron chi connectivity index (χ4n) is 5.06. The van der Waals surface area contributed by atoms with Crippen LogP contribution in [0.2, 0.25) is 0 Å². The SMILES string of the molecule is [B]C1(O)CC2(O)O[C@]23N(C)CC[C@]3(c2ccc(OC)c(OC)c2)C1. The van der Waals surface area contributed by atoms with Crippen LogP contribution in [0.15, 0.2) is 18.2 Å². The molecule has 1 saturated carbocycles. The van der Waals surface area contributed by atoms with Crippen LogP contribution in [0.1, 0.15) is 24.8 Å². The van der Waals surface area contributed by atoms with Crippen LogP contribution < -0.4 is 9.47 Å². The van der Waals surface area contributed by atoms with E-state index in [1.54, 1.807) is 14.2 Å². The number of likely N-dealkylation sites (N-methyl/N-ethyl adjacent to an activating group) is 1. The lowest BCUT2D eigenvalue weighted by molar-refractivity contribution is -0.0632. The third-order valence-electron chi connectivity index (χ3n) is 5.95. The smallest absolute Gasteiger partial charge is 0.214 e. The summed E-state index contributed by atoms with van der Waals surface area (Å²) in [5.41, 5.74) is -2.04. The number of hydrogen-bond acceptors (Lipinski definition) is 6. The zero-order valence-electron chi connectivity index (χ0n) is 14.2. The third-order valence-corrected chi connectivity index (χ3v) is 5.95. The van der Waals surface area contributed by atoms with E-state index in [4.69, 9.17) is 22.1 Å². The van der Waals surface area contributed by atoms with Crippen LogP contribution in [0.5, 0.6) is 11.5 Å². The standard InChI is InChI=1S/C17H22BNO5/c1-19-7-6-14(11-4-5-12(22-2)13(8-11)23-3)9-15(18,20)10-16(21)17(14,19)24-16/h4-5,8,20-21H,6-7,9-10H2,1-3H3/t14-,15?,16?,17+/m1/s1. The molecule has 3 aliphatic rings. The van der Waals surface area contributed by atoms with Crippen LogP contribution in [-0.4, -0.2) is 67.8 Å². The second-order valence-corrected chi connectivity index (χ2v) is 7.31. The van der Waals surface area contributed by atoms with Gasteiger partial charge in [-0.15, -0.1) is 0 Å². The highest BCUT2D eigenvalue weighted by Crippen LogP contribution is 2.71. The molecule has 0 aromatic heterocycles. The highest BCUT2D eigenvalue weighted by atomic mass is 16.8. The van der Waals surface area contributed by atoms with Gasteiger partial charge in [-0.25, -0.2) is 0 Å². The molecule has 24 heavy (non-hydrogen) atoms. The van der Waals surface area contributed by atoms with Crippen molar-refractivity contribution in [2.24, 2.45) is 0 Å². The van der Waals surface area contributed by atoms with E-state index in [2.05, 4.69) is 0 Å². The van der Waals surface area contributed by atoms with Crippen molar-refractivity contribution in [2.45, 2.75) is 41.7 Å². The predicted octanol–water partition coefficient (Wildman–Crippen LogP) is 0.343. The molecule has 128 valence electrons. The summed E-state index contributed by atoms with van der Waals surface area (Å²) in [6, 6.07) is 5.66. The van der Waals surface area contributed by atoms with Gasteiger partial charge in [-0.3, -0.25) is 4.90 Å². The fraction of sp³-hybridized carbons (Fsp3) is 0.647. The third kappa shape index (κ3) is 1.76. The predicted molar refractivity (Wildman–Crippen MR) is 87.2 cm³/mol. The van der Waals surface area contributed by atoms with Crippen molar-refractivity contribution in [3.05, 3.63) is 23.8 Å². The molecule has 0 amide bonds. The Bertz CT molecular complexity index is 698. The molecule has 4 atom stereocenters.